The highest BCUT2D eigenvalue weighted by atomic mass is 35.5. The zero-order valence-corrected chi connectivity index (χ0v) is 17.4. The number of carbonyl (C=O) groups excluding carboxylic acids is 1. The van der Waals surface area contributed by atoms with E-state index in [0.29, 0.717) is 13.0 Å². The van der Waals surface area contributed by atoms with Gasteiger partial charge in [-0.15, -0.1) is 24.8 Å². The average Bonchev–Trinajstić information content (AvgIpc) is 2.52. The van der Waals surface area contributed by atoms with Crippen LogP contribution in [-0.4, -0.2) is 43.0 Å². The van der Waals surface area contributed by atoms with Gasteiger partial charge in [0.2, 0.25) is 5.91 Å². The molecule has 0 aromatic carbocycles. The molecule has 6 heteroatoms. The van der Waals surface area contributed by atoms with E-state index in [1.165, 1.54) is 19.3 Å². The third kappa shape index (κ3) is 9.45. The SMILES string of the molecule is CCN(CC)CCCC(C)NC(=O)CC1(CN)CCCCC1.Cl.Cl. The van der Waals surface area contributed by atoms with Crippen LogP contribution >= 0.6 is 24.8 Å². The quantitative estimate of drug-likeness (QED) is 0.603. The maximum Gasteiger partial charge on any atom is 0.220 e. The van der Waals surface area contributed by atoms with Gasteiger partial charge in [-0.2, -0.15) is 0 Å². The standard InChI is InChI=1S/C18H37N3O.2ClH/c1-4-21(5-2)13-9-10-16(3)20-17(22)14-18(15-19)11-7-6-8-12-18;;/h16H,4-15,19H2,1-3H3,(H,20,22);2*1H. The lowest BCUT2D eigenvalue weighted by atomic mass is 9.71. The van der Waals surface area contributed by atoms with E-state index in [1.807, 2.05) is 0 Å². The lowest BCUT2D eigenvalue weighted by Crippen LogP contribution is -2.41. The van der Waals surface area contributed by atoms with E-state index in [1.54, 1.807) is 0 Å². The van der Waals surface area contributed by atoms with Crippen LogP contribution in [0.3, 0.4) is 0 Å². The van der Waals surface area contributed by atoms with E-state index in [9.17, 15) is 4.79 Å². The van der Waals surface area contributed by atoms with E-state index >= 15 is 0 Å². The molecular formula is C18H39Cl2N3O. The van der Waals surface area contributed by atoms with Gasteiger partial charge < -0.3 is 16.0 Å². The number of nitrogens with one attached hydrogen (secondary N) is 1. The number of hydrogen-bond acceptors (Lipinski definition) is 3. The Labute approximate surface area is 161 Å². The second kappa shape index (κ2) is 14.2. The van der Waals surface area contributed by atoms with Crippen molar-refractivity contribution in [3.05, 3.63) is 0 Å². The molecule has 0 radical (unpaired) electrons. The number of rotatable bonds is 10. The van der Waals surface area contributed by atoms with Gasteiger partial charge in [0.15, 0.2) is 0 Å². The summed E-state index contributed by atoms with van der Waals surface area (Å²) in [4.78, 5) is 14.7. The largest absolute Gasteiger partial charge is 0.354 e. The summed E-state index contributed by atoms with van der Waals surface area (Å²) in [5, 5.41) is 3.18. The van der Waals surface area contributed by atoms with Crippen molar-refractivity contribution in [2.45, 2.75) is 78.2 Å². The smallest absolute Gasteiger partial charge is 0.220 e. The Balaban J connectivity index is 0. The van der Waals surface area contributed by atoms with Gasteiger partial charge in [-0.3, -0.25) is 4.79 Å². The zero-order valence-electron chi connectivity index (χ0n) is 15.8. The van der Waals surface area contributed by atoms with Gasteiger partial charge in [0.25, 0.3) is 0 Å². The molecule has 1 aliphatic rings. The van der Waals surface area contributed by atoms with Crippen molar-refractivity contribution < 1.29 is 4.79 Å². The molecule has 0 saturated heterocycles. The van der Waals surface area contributed by atoms with E-state index in [2.05, 4.69) is 31.0 Å². The molecule has 0 bridgehead atoms. The van der Waals surface area contributed by atoms with Crippen LogP contribution in [0.4, 0.5) is 0 Å². The average molecular weight is 384 g/mol. The molecule has 1 fully saturated rings. The summed E-state index contributed by atoms with van der Waals surface area (Å²) in [6.07, 6.45) is 8.80. The summed E-state index contributed by atoms with van der Waals surface area (Å²) < 4.78 is 0. The number of hydrogen-bond donors (Lipinski definition) is 2. The van der Waals surface area contributed by atoms with Crippen LogP contribution in [0.15, 0.2) is 0 Å². The first-order valence-electron chi connectivity index (χ1n) is 9.27. The van der Waals surface area contributed by atoms with Crippen LogP contribution in [0.25, 0.3) is 0 Å². The Hall–Kier alpha value is -0.0300. The Morgan fingerprint density at radius 2 is 1.75 bits per heavy atom. The van der Waals surface area contributed by atoms with Crippen LogP contribution in [0.5, 0.6) is 0 Å². The number of nitrogens with two attached hydrogens (primary N) is 1. The lowest BCUT2D eigenvalue weighted by Gasteiger charge is -2.36. The molecule has 146 valence electrons. The van der Waals surface area contributed by atoms with Gasteiger partial charge >= 0.3 is 0 Å². The minimum atomic E-state index is 0. The number of carbonyl (C=O) groups is 1. The van der Waals surface area contributed by atoms with Crippen LogP contribution in [0.2, 0.25) is 0 Å². The molecule has 1 saturated carbocycles. The summed E-state index contributed by atoms with van der Waals surface area (Å²) in [5.41, 5.74) is 6.05. The van der Waals surface area contributed by atoms with Gasteiger partial charge in [0, 0.05) is 12.5 Å². The molecule has 4 nitrogen and oxygen atoms in total. The summed E-state index contributed by atoms with van der Waals surface area (Å²) in [5.74, 6) is 0.197. The molecule has 0 heterocycles. The normalized spacial score (nSPS) is 17.5. The predicted molar refractivity (Wildman–Crippen MR) is 108 cm³/mol. The monoisotopic (exact) mass is 383 g/mol. The highest BCUT2D eigenvalue weighted by Gasteiger charge is 2.33. The van der Waals surface area contributed by atoms with Gasteiger partial charge in [0.1, 0.15) is 0 Å². The maximum absolute atomic E-state index is 12.3. The van der Waals surface area contributed by atoms with Gasteiger partial charge in [0.05, 0.1) is 0 Å². The molecule has 24 heavy (non-hydrogen) atoms. The van der Waals surface area contributed by atoms with Crippen LogP contribution in [0.1, 0.15) is 72.1 Å². The highest BCUT2D eigenvalue weighted by molar-refractivity contribution is 5.85. The van der Waals surface area contributed by atoms with Gasteiger partial charge in [-0.25, -0.2) is 0 Å². The van der Waals surface area contributed by atoms with Crippen LogP contribution < -0.4 is 11.1 Å². The first-order valence-corrected chi connectivity index (χ1v) is 9.27. The molecule has 0 aromatic heterocycles. The van der Waals surface area contributed by atoms with Crippen LogP contribution in [-0.2, 0) is 4.79 Å². The van der Waals surface area contributed by atoms with Crippen molar-refractivity contribution in [2.24, 2.45) is 11.1 Å². The number of amides is 1. The topological polar surface area (TPSA) is 58.4 Å². The fourth-order valence-corrected chi connectivity index (χ4v) is 3.65. The van der Waals surface area contributed by atoms with E-state index in [0.717, 1.165) is 45.3 Å². The Morgan fingerprint density at radius 1 is 1.17 bits per heavy atom. The van der Waals surface area contributed by atoms with Gasteiger partial charge in [-0.05, 0) is 64.2 Å². The minimum absolute atomic E-state index is 0. The van der Waals surface area contributed by atoms with Gasteiger partial charge in [-0.1, -0.05) is 33.1 Å². The molecule has 1 amide bonds. The third-order valence-electron chi connectivity index (χ3n) is 5.30. The van der Waals surface area contributed by atoms with Crippen molar-refractivity contribution in [1.29, 1.82) is 0 Å². The maximum atomic E-state index is 12.3. The Bertz CT molecular complexity index is 319. The second-order valence-corrected chi connectivity index (χ2v) is 7.08. The first-order chi connectivity index (χ1) is 10.5. The van der Waals surface area contributed by atoms with E-state index in [-0.39, 0.29) is 42.2 Å². The Morgan fingerprint density at radius 3 is 2.25 bits per heavy atom. The van der Waals surface area contributed by atoms with E-state index in [4.69, 9.17) is 5.73 Å². The van der Waals surface area contributed by atoms with Crippen molar-refractivity contribution in [3.63, 3.8) is 0 Å². The first kappa shape index (κ1) is 26.2. The molecule has 1 rings (SSSR count). The Kier molecular flexibility index (Phi) is 15.5. The fraction of sp³-hybridized carbons (Fsp3) is 0.944. The van der Waals surface area contributed by atoms with Crippen molar-refractivity contribution in [2.75, 3.05) is 26.2 Å². The summed E-state index contributed by atoms with van der Waals surface area (Å²) in [6, 6.07) is 0.265. The zero-order chi connectivity index (χ0) is 16.4. The van der Waals surface area contributed by atoms with E-state index < -0.39 is 0 Å². The molecule has 0 aliphatic heterocycles. The molecule has 0 spiro atoms. The summed E-state index contributed by atoms with van der Waals surface area (Å²) in [7, 11) is 0. The number of halogens is 2. The fourth-order valence-electron chi connectivity index (χ4n) is 3.65. The third-order valence-corrected chi connectivity index (χ3v) is 5.30. The van der Waals surface area contributed by atoms with Crippen molar-refractivity contribution in [3.8, 4) is 0 Å². The molecule has 0 aromatic rings. The highest BCUT2D eigenvalue weighted by Crippen LogP contribution is 2.38. The number of nitrogens with zero attached hydrogens (tertiary/aromatic N) is 1. The van der Waals surface area contributed by atoms with Crippen molar-refractivity contribution in [1.82, 2.24) is 10.2 Å². The molecule has 1 atom stereocenters. The molecule has 1 unspecified atom stereocenters. The molecule has 3 N–H and O–H groups in total. The predicted octanol–water partition coefficient (Wildman–Crippen LogP) is 3.76. The minimum Gasteiger partial charge on any atom is -0.354 e. The van der Waals surface area contributed by atoms with Crippen molar-refractivity contribution >= 4 is 30.7 Å². The van der Waals surface area contributed by atoms with Crippen LogP contribution in [0, 0.1) is 5.41 Å². The lowest BCUT2D eigenvalue weighted by molar-refractivity contribution is -0.124. The second-order valence-electron chi connectivity index (χ2n) is 7.08. The molecular weight excluding hydrogens is 345 g/mol. The summed E-state index contributed by atoms with van der Waals surface area (Å²) in [6.45, 7) is 10.5. The molecule has 1 aliphatic carbocycles. The summed E-state index contributed by atoms with van der Waals surface area (Å²) >= 11 is 0.